The predicted molar refractivity (Wildman–Crippen MR) is 54.9 cm³/mol. The first-order chi connectivity index (χ1) is 6.02. The number of nitrogens with two attached hydrogens (primary N) is 2. The third-order valence-corrected chi connectivity index (χ3v) is 2.48. The highest BCUT2D eigenvalue weighted by molar-refractivity contribution is 6.41. The number of aliphatic imine (C=N–C) groups is 1. The van der Waals surface area contributed by atoms with Crippen molar-refractivity contribution in [2.75, 3.05) is 0 Å². The van der Waals surface area contributed by atoms with Crippen molar-refractivity contribution in [1.29, 1.82) is 0 Å². The molecule has 13 heavy (non-hydrogen) atoms. The molecule has 0 unspecified atom stereocenters. The molecular weight excluding hydrogens is 211 g/mol. The number of hydrogen-bond acceptors (Lipinski definition) is 1. The van der Waals surface area contributed by atoms with Crippen molar-refractivity contribution < 1.29 is 0 Å². The third-order valence-electron chi connectivity index (χ3n) is 1.64. The molecule has 4 N–H and O–H groups in total. The Morgan fingerprint density at radius 2 is 2.15 bits per heavy atom. The summed E-state index contributed by atoms with van der Waals surface area (Å²) in [4.78, 5) is 3.84. The van der Waals surface area contributed by atoms with Crippen molar-refractivity contribution >= 4 is 29.2 Å². The smallest absolute Gasteiger partial charge is 0.186 e. The molecule has 0 fully saturated rings. The summed E-state index contributed by atoms with van der Waals surface area (Å²) in [5, 5.41) is 0.993. The lowest BCUT2D eigenvalue weighted by molar-refractivity contribution is 0.824. The van der Waals surface area contributed by atoms with Crippen molar-refractivity contribution in [2.45, 2.75) is 6.54 Å². The molecule has 0 aliphatic carbocycles. The van der Waals surface area contributed by atoms with Gasteiger partial charge in [0.05, 0.1) is 11.6 Å². The van der Waals surface area contributed by atoms with E-state index in [1.807, 2.05) is 0 Å². The van der Waals surface area contributed by atoms with Crippen molar-refractivity contribution in [3.8, 4) is 0 Å². The van der Waals surface area contributed by atoms with E-state index in [1.54, 1.807) is 17.7 Å². The normalized spacial score (nSPS) is 10.1. The van der Waals surface area contributed by atoms with Gasteiger partial charge in [0.25, 0.3) is 0 Å². The van der Waals surface area contributed by atoms with Crippen LogP contribution in [0.1, 0.15) is 5.69 Å². The maximum atomic E-state index is 5.83. The summed E-state index contributed by atoms with van der Waals surface area (Å²) >= 11 is 11.6. The lowest BCUT2D eigenvalue weighted by Crippen LogP contribution is -2.22. The van der Waals surface area contributed by atoms with E-state index >= 15 is 0 Å². The first kappa shape index (κ1) is 10.2. The predicted octanol–water partition coefficient (Wildman–Crippen LogP) is 1.11. The van der Waals surface area contributed by atoms with Crippen molar-refractivity contribution in [1.82, 2.24) is 4.57 Å². The van der Waals surface area contributed by atoms with E-state index in [-0.39, 0.29) is 5.96 Å². The summed E-state index contributed by atoms with van der Waals surface area (Å²) in [5.74, 6) is 0.0495. The molecule has 0 saturated heterocycles. The van der Waals surface area contributed by atoms with Crippen LogP contribution >= 0.6 is 23.2 Å². The van der Waals surface area contributed by atoms with Gasteiger partial charge in [-0.15, -0.1) is 0 Å². The molecule has 0 aliphatic rings. The molecule has 0 spiro atoms. The number of nitrogens with zero attached hydrogens (tertiary/aromatic N) is 2. The zero-order chi connectivity index (χ0) is 10.0. The first-order valence-electron chi connectivity index (χ1n) is 3.57. The third kappa shape index (κ3) is 2.29. The van der Waals surface area contributed by atoms with Crippen LogP contribution in [0.3, 0.4) is 0 Å². The van der Waals surface area contributed by atoms with Crippen LogP contribution in [0.4, 0.5) is 0 Å². The van der Waals surface area contributed by atoms with Gasteiger partial charge in [0.15, 0.2) is 5.96 Å². The molecule has 0 bridgehead atoms. The minimum Gasteiger partial charge on any atom is -0.370 e. The Hall–Kier alpha value is -0.870. The minimum atomic E-state index is 0.0495. The molecular formula is C7H10Cl2N4. The van der Waals surface area contributed by atoms with Gasteiger partial charge in [-0.25, -0.2) is 4.99 Å². The van der Waals surface area contributed by atoms with Crippen LogP contribution in [-0.2, 0) is 13.6 Å². The fourth-order valence-electron chi connectivity index (χ4n) is 0.913. The second-order valence-corrected chi connectivity index (χ2v) is 3.34. The number of aromatic nitrogens is 1. The van der Waals surface area contributed by atoms with E-state index in [0.29, 0.717) is 16.7 Å². The first-order valence-corrected chi connectivity index (χ1v) is 4.33. The van der Waals surface area contributed by atoms with E-state index in [4.69, 9.17) is 34.7 Å². The van der Waals surface area contributed by atoms with Gasteiger partial charge in [-0.3, -0.25) is 0 Å². The lowest BCUT2D eigenvalue weighted by atomic mass is 10.4. The molecule has 0 amide bonds. The van der Waals surface area contributed by atoms with Crippen LogP contribution < -0.4 is 11.5 Å². The molecule has 0 aliphatic heterocycles. The van der Waals surface area contributed by atoms with E-state index in [9.17, 15) is 0 Å². The monoisotopic (exact) mass is 220 g/mol. The maximum absolute atomic E-state index is 5.83. The van der Waals surface area contributed by atoms with Gasteiger partial charge in [-0.1, -0.05) is 23.2 Å². The summed E-state index contributed by atoms with van der Waals surface area (Å²) in [6, 6.07) is 1.73. The average molecular weight is 221 g/mol. The van der Waals surface area contributed by atoms with E-state index < -0.39 is 0 Å². The zero-order valence-electron chi connectivity index (χ0n) is 7.09. The number of halogens is 2. The fourth-order valence-corrected chi connectivity index (χ4v) is 1.33. The Labute approximate surface area is 86.1 Å². The van der Waals surface area contributed by atoms with E-state index in [2.05, 4.69) is 4.99 Å². The molecule has 1 heterocycles. The average Bonchev–Trinajstić information content (AvgIpc) is 2.29. The van der Waals surface area contributed by atoms with Crippen LogP contribution in [0.25, 0.3) is 0 Å². The summed E-state index contributed by atoms with van der Waals surface area (Å²) in [6.45, 7) is 0.380. The topological polar surface area (TPSA) is 69.3 Å². The molecule has 0 radical (unpaired) electrons. The highest BCUT2D eigenvalue weighted by Crippen LogP contribution is 2.25. The highest BCUT2D eigenvalue weighted by Gasteiger charge is 2.07. The molecule has 4 nitrogen and oxygen atoms in total. The van der Waals surface area contributed by atoms with Crippen LogP contribution in [0.2, 0.25) is 10.2 Å². The van der Waals surface area contributed by atoms with Crippen LogP contribution in [0.15, 0.2) is 11.1 Å². The van der Waals surface area contributed by atoms with Crippen LogP contribution in [0.5, 0.6) is 0 Å². The fraction of sp³-hybridized carbons (Fsp3) is 0.286. The molecule has 1 rings (SSSR count). The summed E-state index contributed by atoms with van der Waals surface area (Å²) in [5.41, 5.74) is 11.2. The number of guanidine groups is 1. The van der Waals surface area contributed by atoms with Crippen molar-refractivity contribution in [2.24, 2.45) is 23.5 Å². The molecule has 6 heteroatoms. The Morgan fingerprint density at radius 1 is 1.54 bits per heavy atom. The Bertz CT molecular complexity index is 339. The van der Waals surface area contributed by atoms with Gasteiger partial charge >= 0.3 is 0 Å². The largest absolute Gasteiger partial charge is 0.370 e. The van der Waals surface area contributed by atoms with Crippen molar-refractivity contribution in [3.05, 3.63) is 21.9 Å². The Morgan fingerprint density at radius 3 is 2.54 bits per heavy atom. The molecule has 1 aromatic rings. The van der Waals surface area contributed by atoms with Gasteiger partial charge in [0.2, 0.25) is 0 Å². The van der Waals surface area contributed by atoms with Gasteiger partial charge in [-0.2, -0.15) is 0 Å². The van der Waals surface area contributed by atoms with Gasteiger partial charge in [-0.05, 0) is 6.07 Å². The Kier molecular flexibility index (Phi) is 3.06. The van der Waals surface area contributed by atoms with Gasteiger partial charge in [0, 0.05) is 12.7 Å². The number of hydrogen-bond donors (Lipinski definition) is 2. The molecule has 0 saturated carbocycles. The maximum Gasteiger partial charge on any atom is 0.186 e. The second kappa shape index (κ2) is 3.89. The summed E-state index contributed by atoms with van der Waals surface area (Å²) in [7, 11) is 1.80. The van der Waals surface area contributed by atoms with Crippen LogP contribution in [-0.4, -0.2) is 10.5 Å². The molecule has 1 aromatic heterocycles. The minimum absolute atomic E-state index is 0.0495. The van der Waals surface area contributed by atoms with Gasteiger partial charge in [0.1, 0.15) is 5.15 Å². The number of rotatable bonds is 2. The van der Waals surface area contributed by atoms with Crippen LogP contribution in [0, 0.1) is 0 Å². The standard InChI is InChI=1S/C7H10Cl2N4/c1-13-4(3-12-7(10)11)2-5(8)6(13)9/h2H,3H2,1H3,(H4,10,11,12). The molecule has 72 valence electrons. The van der Waals surface area contributed by atoms with Gasteiger partial charge < -0.3 is 16.0 Å². The zero-order valence-corrected chi connectivity index (χ0v) is 8.60. The lowest BCUT2D eigenvalue weighted by Gasteiger charge is -2.00. The molecule has 0 atom stereocenters. The molecule has 0 aromatic carbocycles. The summed E-state index contributed by atoms with van der Waals surface area (Å²) < 4.78 is 1.73. The van der Waals surface area contributed by atoms with E-state index in [1.165, 1.54) is 0 Å². The Balaban J connectivity index is 2.90. The second-order valence-electron chi connectivity index (χ2n) is 2.57. The summed E-state index contributed by atoms with van der Waals surface area (Å²) in [6.07, 6.45) is 0. The van der Waals surface area contributed by atoms with E-state index in [0.717, 1.165) is 5.69 Å². The quantitative estimate of drug-likeness (QED) is 0.580. The highest BCUT2D eigenvalue weighted by atomic mass is 35.5. The SMILES string of the molecule is Cn1c(CN=C(N)N)cc(Cl)c1Cl. The van der Waals surface area contributed by atoms with Crippen molar-refractivity contribution in [3.63, 3.8) is 0 Å².